The van der Waals surface area contributed by atoms with Crippen molar-refractivity contribution in [3.05, 3.63) is 30.1 Å². The van der Waals surface area contributed by atoms with Gasteiger partial charge in [-0.3, -0.25) is 9.88 Å². The molecule has 0 unspecified atom stereocenters. The molecule has 0 aromatic carbocycles. The van der Waals surface area contributed by atoms with E-state index in [1.807, 2.05) is 18.5 Å². The molecular formula is C15H24N2O. The Morgan fingerprint density at radius 3 is 2.83 bits per heavy atom. The molecule has 2 atom stereocenters. The highest BCUT2D eigenvalue weighted by Crippen LogP contribution is 2.45. The zero-order valence-electron chi connectivity index (χ0n) is 11.9. The summed E-state index contributed by atoms with van der Waals surface area (Å²) in [7, 11) is 2.20. The second kappa shape index (κ2) is 5.37. The lowest BCUT2D eigenvalue weighted by Gasteiger charge is -2.55. The second-order valence-corrected chi connectivity index (χ2v) is 5.79. The Balaban J connectivity index is 1.93. The number of hydrogen-bond donors (Lipinski definition) is 0. The van der Waals surface area contributed by atoms with Gasteiger partial charge in [-0.25, -0.2) is 0 Å². The van der Waals surface area contributed by atoms with E-state index in [1.54, 1.807) is 0 Å². The molecule has 18 heavy (non-hydrogen) atoms. The van der Waals surface area contributed by atoms with Crippen LogP contribution in [0.3, 0.4) is 0 Å². The fourth-order valence-electron chi connectivity index (χ4n) is 2.99. The van der Waals surface area contributed by atoms with Gasteiger partial charge in [-0.2, -0.15) is 0 Å². The normalized spacial score (nSPS) is 26.1. The van der Waals surface area contributed by atoms with Gasteiger partial charge in [0.2, 0.25) is 0 Å². The van der Waals surface area contributed by atoms with Crippen LogP contribution in [-0.2, 0) is 11.3 Å². The molecule has 0 bridgehead atoms. The van der Waals surface area contributed by atoms with Crippen LogP contribution in [0.1, 0.15) is 32.8 Å². The molecule has 3 heteroatoms. The third kappa shape index (κ3) is 2.57. The summed E-state index contributed by atoms with van der Waals surface area (Å²) in [5, 5.41) is 0. The second-order valence-electron chi connectivity index (χ2n) is 5.79. The Bertz CT molecular complexity index is 377. The summed E-state index contributed by atoms with van der Waals surface area (Å²) in [5.74, 6) is 0. The number of hydrogen-bond acceptors (Lipinski definition) is 3. The van der Waals surface area contributed by atoms with Crippen LogP contribution in [-0.4, -0.2) is 35.7 Å². The van der Waals surface area contributed by atoms with E-state index in [0.29, 0.717) is 12.1 Å². The fourth-order valence-corrected chi connectivity index (χ4v) is 2.99. The van der Waals surface area contributed by atoms with Crippen LogP contribution < -0.4 is 0 Å². The summed E-state index contributed by atoms with van der Waals surface area (Å²) in [6, 6.07) is 4.72. The first-order valence-electron chi connectivity index (χ1n) is 6.76. The van der Waals surface area contributed by atoms with Crippen molar-refractivity contribution < 1.29 is 4.74 Å². The van der Waals surface area contributed by atoms with Gasteiger partial charge in [0.25, 0.3) is 0 Å². The van der Waals surface area contributed by atoms with Gasteiger partial charge in [0, 0.05) is 37.0 Å². The number of rotatable bonds is 5. The van der Waals surface area contributed by atoms with Crippen LogP contribution in [0, 0.1) is 5.41 Å². The summed E-state index contributed by atoms with van der Waals surface area (Å²) in [5.41, 5.74) is 1.52. The molecule has 0 amide bonds. The first-order valence-corrected chi connectivity index (χ1v) is 6.76. The third-order valence-electron chi connectivity index (χ3n) is 4.18. The minimum atomic E-state index is 0.243. The minimum Gasteiger partial charge on any atom is -0.378 e. The van der Waals surface area contributed by atoms with Crippen molar-refractivity contribution in [3.63, 3.8) is 0 Å². The van der Waals surface area contributed by atoms with Crippen LogP contribution in [0.4, 0.5) is 0 Å². The lowest BCUT2D eigenvalue weighted by atomic mass is 9.64. The van der Waals surface area contributed by atoms with Gasteiger partial charge >= 0.3 is 0 Å². The van der Waals surface area contributed by atoms with E-state index < -0.39 is 0 Å². The average molecular weight is 248 g/mol. The summed E-state index contributed by atoms with van der Waals surface area (Å²) in [6.45, 7) is 8.46. The van der Waals surface area contributed by atoms with Gasteiger partial charge in [0.15, 0.2) is 0 Å². The Hall–Kier alpha value is -0.930. The molecule has 0 spiro atoms. The zero-order chi connectivity index (χ0) is 13.2. The van der Waals surface area contributed by atoms with Crippen LogP contribution in [0.25, 0.3) is 0 Å². The molecule has 100 valence electrons. The monoisotopic (exact) mass is 248 g/mol. The van der Waals surface area contributed by atoms with E-state index in [-0.39, 0.29) is 5.41 Å². The maximum Gasteiger partial charge on any atom is 0.0655 e. The Morgan fingerprint density at radius 2 is 2.28 bits per heavy atom. The predicted octanol–water partition coefficient (Wildman–Crippen LogP) is 2.72. The zero-order valence-corrected chi connectivity index (χ0v) is 11.9. The lowest BCUT2D eigenvalue weighted by molar-refractivity contribution is -0.146. The smallest absolute Gasteiger partial charge is 0.0655 e. The standard InChI is InChI=1S/C15H24N2O/c1-5-18-14-9-13(15(14,2)3)17(4)11-12-7-6-8-16-10-12/h6-8,10,13-14H,5,9,11H2,1-4H3/t13-,14-/m0/s1. The molecule has 1 aliphatic rings. The van der Waals surface area contributed by atoms with Gasteiger partial charge in [-0.05, 0) is 32.0 Å². The van der Waals surface area contributed by atoms with Crippen LogP contribution in [0.15, 0.2) is 24.5 Å². The van der Waals surface area contributed by atoms with Crippen LogP contribution in [0.5, 0.6) is 0 Å². The molecule has 1 fully saturated rings. The number of pyridine rings is 1. The molecule has 2 rings (SSSR count). The maximum atomic E-state index is 5.78. The topological polar surface area (TPSA) is 25.4 Å². The van der Waals surface area contributed by atoms with Gasteiger partial charge in [0.05, 0.1) is 6.10 Å². The van der Waals surface area contributed by atoms with Crippen molar-refractivity contribution in [2.45, 2.75) is 45.9 Å². The molecule has 1 aromatic heterocycles. The van der Waals surface area contributed by atoms with Crippen molar-refractivity contribution in [1.29, 1.82) is 0 Å². The summed E-state index contributed by atoms with van der Waals surface area (Å²) in [6.07, 6.45) is 5.31. The average Bonchev–Trinajstić information content (AvgIpc) is 2.35. The third-order valence-corrected chi connectivity index (χ3v) is 4.18. The highest BCUT2D eigenvalue weighted by atomic mass is 16.5. The van der Waals surface area contributed by atoms with Crippen molar-refractivity contribution in [2.75, 3.05) is 13.7 Å². The van der Waals surface area contributed by atoms with E-state index in [0.717, 1.165) is 19.6 Å². The molecule has 1 saturated carbocycles. The van der Waals surface area contributed by atoms with Crippen molar-refractivity contribution >= 4 is 0 Å². The van der Waals surface area contributed by atoms with E-state index in [4.69, 9.17) is 4.74 Å². The Labute approximate surface area is 110 Å². The summed E-state index contributed by atoms with van der Waals surface area (Å²) < 4.78 is 5.78. The van der Waals surface area contributed by atoms with Crippen molar-refractivity contribution in [3.8, 4) is 0 Å². The molecule has 0 N–H and O–H groups in total. The van der Waals surface area contributed by atoms with E-state index >= 15 is 0 Å². The molecule has 1 heterocycles. The van der Waals surface area contributed by atoms with E-state index in [2.05, 4.69) is 43.8 Å². The Morgan fingerprint density at radius 1 is 1.50 bits per heavy atom. The van der Waals surface area contributed by atoms with Crippen LogP contribution >= 0.6 is 0 Å². The van der Waals surface area contributed by atoms with E-state index in [9.17, 15) is 0 Å². The van der Waals surface area contributed by atoms with Gasteiger partial charge in [-0.15, -0.1) is 0 Å². The molecule has 0 radical (unpaired) electrons. The maximum absolute atomic E-state index is 5.78. The number of ether oxygens (including phenoxy) is 1. The molecule has 0 aliphatic heterocycles. The SMILES string of the molecule is CCO[C@H]1C[C@H](N(C)Cc2cccnc2)C1(C)C. The molecular weight excluding hydrogens is 224 g/mol. The summed E-state index contributed by atoms with van der Waals surface area (Å²) >= 11 is 0. The molecule has 1 aromatic rings. The first kappa shape index (κ1) is 13.5. The largest absolute Gasteiger partial charge is 0.378 e. The van der Waals surface area contributed by atoms with Crippen molar-refractivity contribution in [2.24, 2.45) is 5.41 Å². The summed E-state index contributed by atoms with van der Waals surface area (Å²) in [4.78, 5) is 6.59. The van der Waals surface area contributed by atoms with Gasteiger partial charge < -0.3 is 4.74 Å². The molecule has 1 aliphatic carbocycles. The number of nitrogens with zero attached hydrogens (tertiary/aromatic N) is 2. The first-order chi connectivity index (χ1) is 8.55. The highest BCUT2D eigenvalue weighted by molar-refractivity contribution is 5.10. The van der Waals surface area contributed by atoms with E-state index in [1.165, 1.54) is 5.56 Å². The van der Waals surface area contributed by atoms with Gasteiger partial charge in [0.1, 0.15) is 0 Å². The highest BCUT2D eigenvalue weighted by Gasteiger charge is 2.50. The Kier molecular flexibility index (Phi) is 4.03. The predicted molar refractivity (Wildman–Crippen MR) is 73.3 cm³/mol. The minimum absolute atomic E-state index is 0.243. The van der Waals surface area contributed by atoms with Gasteiger partial charge in [-0.1, -0.05) is 19.9 Å². The quantitative estimate of drug-likeness (QED) is 0.801. The van der Waals surface area contributed by atoms with Crippen molar-refractivity contribution in [1.82, 2.24) is 9.88 Å². The number of aromatic nitrogens is 1. The molecule has 3 nitrogen and oxygen atoms in total. The molecule has 0 saturated heterocycles. The lowest BCUT2D eigenvalue weighted by Crippen LogP contribution is -2.60. The fraction of sp³-hybridized carbons (Fsp3) is 0.667. The van der Waals surface area contributed by atoms with Crippen LogP contribution in [0.2, 0.25) is 0 Å².